The molecule has 2 aromatic rings. The molecule has 2 atom stereocenters. The average Bonchev–Trinajstić information content (AvgIpc) is 3.02. The van der Waals surface area contributed by atoms with Crippen molar-refractivity contribution in [2.75, 3.05) is 18.0 Å². The van der Waals surface area contributed by atoms with Gasteiger partial charge in [0.25, 0.3) is 0 Å². The average molecular weight is 364 g/mol. The Labute approximate surface area is 159 Å². The van der Waals surface area contributed by atoms with Crippen LogP contribution in [0.1, 0.15) is 43.0 Å². The summed E-state index contributed by atoms with van der Waals surface area (Å²) in [6, 6.07) is 13.4. The van der Waals surface area contributed by atoms with E-state index in [1.807, 2.05) is 23.1 Å². The molecule has 1 saturated heterocycles. The van der Waals surface area contributed by atoms with Crippen LogP contribution >= 0.6 is 0 Å². The van der Waals surface area contributed by atoms with Gasteiger partial charge in [0, 0.05) is 31.8 Å². The normalized spacial score (nSPS) is 19.3. The van der Waals surface area contributed by atoms with E-state index in [2.05, 4.69) is 36.2 Å². The summed E-state index contributed by atoms with van der Waals surface area (Å²) in [6.07, 6.45) is 0.153. The summed E-state index contributed by atoms with van der Waals surface area (Å²) in [5.41, 5.74) is 2.52. The van der Waals surface area contributed by atoms with Crippen molar-refractivity contribution in [1.82, 2.24) is 10.2 Å². The molecule has 0 spiro atoms. The van der Waals surface area contributed by atoms with Crippen molar-refractivity contribution >= 4 is 11.6 Å². The molecular formula is C21H24N4O2. The minimum atomic E-state index is -0.574. The topological polar surface area (TPSA) is 90.1 Å². The molecule has 1 aliphatic rings. The highest BCUT2D eigenvalue weighted by Crippen LogP contribution is 2.25. The van der Waals surface area contributed by atoms with Crippen LogP contribution < -0.4 is 4.90 Å². The van der Waals surface area contributed by atoms with Crippen LogP contribution in [0, 0.1) is 17.2 Å². The van der Waals surface area contributed by atoms with E-state index in [0.717, 1.165) is 5.56 Å². The van der Waals surface area contributed by atoms with Crippen molar-refractivity contribution in [3.63, 3.8) is 0 Å². The van der Waals surface area contributed by atoms with E-state index in [9.17, 15) is 9.90 Å². The lowest BCUT2D eigenvalue weighted by molar-refractivity contribution is -0.119. The number of nitriles is 1. The number of aromatic nitrogens is 2. The summed E-state index contributed by atoms with van der Waals surface area (Å²) in [5, 5.41) is 27.0. The van der Waals surface area contributed by atoms with E-state index in [4.69, 9.17) is 5.26 Å². The number of rotatable bonds is 6. The molecule has 27 heavy (non-hydrogen) atoms. The van der Waals surface area contributed by atoms with Gasteiger partial charge < -0.3 is 10.0 Å². The van der Waals surface area contributed by atoms with Gasteiger partial charge in [0.05, 0.1) is 6.10 Å². The molecule has 0 saturated carbocycles. The summed E-state index contributed by atoms with van der Waals surface area (Å²) in [6.45, 7) is 5.26. The van der Waals surface area contributed by atoms with Gasteiger partial charge in [0.2, 0.25) is 0 Å². The first-order chi connectivity index (χ1) is 13.0. The molecule has 1 N–H and O–H groups in total. The number of hydrogen-bond donors (Lipinski definition) is 1. The molecule has 3 rings (SSSR count). The molecule has 0 amide bonds. The predicted octanol–water partition coefficient (Wildman–Crippen LogP) is 2.47. The smallest absolute Gasteiger partial charge is 0.163 e. The second kappa shape index (κ2) is 8.28. The van der Waals surface area contributed by atoms with Crippen molar-refractivity contribution in [3.05, 3.63) is 53.2 Å². The predicted molar refractivity (Wildman–Crippen MR) is 102 cm³/mol. The zero-order valence-electron chi connectivity index (χ0n) is 15.7. The molecule has 1 aromatic heterocycles. The Hall–Kier alpha value is -2.78. The summed E-state index contributed by atoms with van der Waals surface area (Å²) in [5.74, 6) is 1.10. The van der Waals surface area contributed by atoms with Gasteiger partial charge in [0.1, 0.15) is 11.9 Å². The molecular weight excluding hydrogens is 340 g/mol. The van der Waals surface area contributed by atoms with Crippen LogP contribution in [0.4, 0.5) is 5.82 Å². The Kier molecular flexibility index (Phi) is 5.82. The lowest BCUT2D eigenvalue weighted by atomic mass is 9.95. The van der Waals surface area contributed by atoms with Gasteiger partial charge in [-0.2, -0.15) is 5.26 Å². The van der Waals surface area contributed by atoms with Gasteiger partial charge in [-0.1, -0.05) is 38.1 Å². The van der Waals surface area contributed by atoms with Gasteiger partial charge in [-0.05, 0) is 29.2 Å². The van der Waals surface area contributed by atoms with E-state index < -0.39 is 6.10 Å². The number of hydrogen-bond acceptors (Lipinski definition) is 6. The molecule has 1 aliphatic heterocycles. The summed E-state index contributed by atoms with van der Waals surface area (Å²) >= 11 is 0. The van der Waals surface area contributed by atoms with Crippen LogP contribution in [-0.2, 0) is 11.2 Å². The number of benzene rings is 1. The SMILES string of the molecule is CC(C)c1ccc(CC(=O)CC2CN(c3ccc(C#N)nn3)C[C@H]2O)cc1. The van der Waals surface area contributed by atoms with Gasteiger partial charge in [-0.25, -0.2) is 0 Å². The number of carbonyl (C=O) groups excluding carboxylic acids is 1. The number of Topliss-reactive ketones (excluding diaryl/α,β-unsaturated/α-hetero) is 1. The fraction of sp³-hybridized carbons (Fsp3) is 0.429. The second-order valence-electron chi connectivity index (χ2n) is 7.44. The molecule has 0 radical (unpaired) electrons. The first kappa shape index (κ1) is 19.0. The molecule has 2 heterocycles. The fourth-order valence-corrected chi connectivity index (χ4v) is 3.41. The lowest BCUT2D eigenvalue weighted by Crippen LogP contribution is -2.22. The number of aliphatic hydroxyl groups is 1. The van der Waals surface area contributed by atoms with E-state index in [-0.39, 0.29) is 17.4 Å². The van der Waals surface area contributed by atoms with Crippen LogP contribution in [-0.4, -0.2) is 40.3 Å². The van der Waals surface area contributed by atoms with E-state index in [0.29, 0.717) is 37.7 Å². The Morgan fingerprint density at radius 2 is 1.96 bits per heavy atom. The van der Waals surface area contributed by atoms with Crippen LogP contribution in [0.5, 0.6) is 0 Å². The highest BCUT2D eigenvalue weighted by molar-refractivity contribution is 5.81. The quantitative estimate of drug-likeness (QED) is 0.847. The van der Waals surface area contributed by atoms with Crippen molar-refractivity contribution in [2.24, 2.45) is 5.92 Å². The third-order valence-corrected chi connectivity index (χ3v) is 5.03. The molecule has 1 aromatic carbocycles. The van der Waals surface area contributed by atoms with E-state index >= 15 is 0 Å². The van der Waals surface area contributed by atoms with Crippen molar-refractivity contribution < 1.29 is 9.90 Å². The maximum atomic E-state index is 12.5. The minimum Gasteiger partial charge on any atom is -0.391 e. The van der Waals surface area contributed by atoms with Crippen molar-refractivity contribution in [3.8, 4) is 6.07 Å². The number of anilines is 1. The third kappa shape index (κ3) is 4.69. The van der Waals surface area contributed by atoms with Crippen LogP contribution in [0.15, 0.2) is 36.4 Å². The second-order valence-corrected chi connectivity index (χ2v) is 7.44. The molecule has 6 heteroatoms. The Balaban J connectivity index is 1.56. The highest BCUT2D eigenvalue weighted by Gasteiger charge is 2.33. The number of nitrogens with zero attached hydrogens (tertiary/aromatic N) is 4. The monoisotopic (exact) mass is 364 g/mol. The summed E-state index contributed by atoms with van der Waals surface area (Å²) in [7, 11) is 0. The van der Waals surface area contributed by atoms with Crippen LogP contribution in [0.25, 0.3) is 0 Å². The van der Waals surface area contributed by atoms with Crippen LogP contribution in [0.2, 0.25) is 0 Å². The first-order valence-corrected chi connectivity index (χ1v) is 9.23. The van der Waals surface area contributed by atoms with E-state index in [1.54, 1.807) is 12.1 Å². The molecule has 0 bridgehead atoms. The maximum absolute atomic E-state index is 12.5. The summed E-state index contributed by atoms with van der Waals surface area (Å²) in [4.78, 5) is 14.4. The number of β-amino-alcohol motifs (C(OH)–C–C–N with tert-alkyl or cyclic N) is 1. The number of carbonyl (C=O) groups is 1. The van der Waals surface area contributed by atoms with Gasteiger partial charge >= 0.3 is 0 Å². The summed E-state index contributed by atoms with van der Waals surface area (Å²) < 4.78 is 0. The fourth-order valence-electron chi connectivity index (χ4n) is 3.41. The standard InChI is InChI=1S/C21H24N4O2/c1-14(2)16-5-3-15(4-6-16)9-19(26)10-17-12-25(13-20(17)27)21-8-7-18(11-22)23-24-21/h3-8,14,17,20,27H,9-10,12-13H2,1-2H3/t17?,20-/m1/s1. The maximum Gasteiger partial charge on any atom is 0.163 e. The lowest BCUT2D eigenvalue weighted by Gasteiger charge is -2.16. The number of aliphatic hydroxyl groups excluding tert-OH is 1. The zero-order valence-corrected chi connectivity index (χ0v) is 15.7. The molecule has 1 fully saturated rings. The molecule has 0 aliphatic carbocycles. The van der Waals surface area contributed by atoms with Gasteiger partial charge in [-0.3, -0.25) is 4.79 Å². The van der Waals surface area contributed by atoms with Gasteiger partial charge in [0.15, 0.2) is 11.5 Å². The van der Waals surface area contributed by atoms with Crippen molar-refractivity contribution in [1.29, 1.82) is 5.26 Å². The van der Waals surface area contributed by atoms with Crippen LogP contribution in [0.3, 0.4) is 0 Å². The molecule has 6 nitrogen and oxygen atoms in total. The third-order valence-electron chi connectivity index (χ3n) is 5.03. The largest absolute Gasteiger partial charge is 0.391 e. The Morgan fingerprint density at radius 3 is 2.56 bits per heavy atom. The Bertz CT molecular complexity index is 825. The number of ketones is 1. The highest BCUT2D eigenvalue weighted by atomic mass is 16.3. The Morgan fingerprint density at radius 1 is 1.22 bits per heavy atom. The molecule has 140 valence electrons. The molecule has 1 unspecified atom stereocenters. The van der Waals surface area contributed by atoms with Gasteiger partial charge in [-0.15, -0.1) is 10.2 Å². The zero-order chi connectivity index (χ0) is 19.4. The minimum absolute atomic E-state index is 0.120. The van der Waals surface area contributed by atoms with Crippen molar-refractivity contribution in [2.45, 2.75) is 38.7 Å². The van der Waals surface area contributed by atoms with E-state index in [1.165, 1.54) is 5.56 Å². The first-order valence-electron chi connectivity index (χ1n) is 9.23.